The lowest BCUT2D eigenvalue weighted by molar-refractivity contribution is -0.00544. The van der Waals surface area contributed by atoms with Crippen molar-refractivity contribution >= 4 is 16.7 Å². The summed E-state index contributed by atoms with van der Waals surface area (Å²) in [6.07, 6.45) is 8.38. The SMILES string of the molecule is Cc1ccc(-c2ccc3cc(C(=O)O)cc(O)c3c2)cc1C12CC3CC(CC(C3)C1)C2. The largest absolute Gasteiger partial charge is 0.507 e. The van der Waals surface area contributed by atoms with E-state index in [0.29, 0.717) is 10.8 Å². The number of aromatic hydroxyl groups is 1. The van der Waals surface area contributed by atoms with Crippen LogP contribution in [0.25, 0.3) is 21.9 Å². The van der Waals surface area contributed by atoms with Gasteiger partial charge in [-0.2, -0.15) is 0 Å². The maximum absolute atomic E-state index is 11.3. The second-order valence-electron chi connectivity index (χ2n) is 10.5. The van der Waals surface area contributed by atoms with Crippen LogP contribution in [0.4, 0.5) is 0 Å². The molecule has 2 N–H and O–H groups in total. The number of rotatable bonds is 3. The number of carboxylic acids is 1. The van der Waals surface area contributed by atoms with Gasteiger partial charge in [-0.05, 0) is 114 Å². The van der Waals surface area contributed by atoms with Gasteiger partial charge >= 0.3 is 5.97 Å². The predicted octanol–water partition coefficient (Wildman–Crippen LogP) is 6.69. The van der Waals surface area contributed by atoms with E-state index in [1.165, 1.54) is 61.3 Å². The summed E-state index contributed by atoms with van der Waals surface area (Å²) in [4.78, 5) is 11.3. The standard InChI is InChI=1S/C28H28O3/c1-16-2-3-21(11-25(16)28-13-17-6-18(14-28)8-19(7-17)15-28)20-4-5-22-9-23(27(30)31)12-26(29)24(22)10-20/h2-5,9-12,17-19,29H,6-8,13-15H2,1H3,(H,30,31). The third-order valence-electron chi connectivity index (χ3n) is 8.36. The summed E-state index contributed by atoms with van der Waals surface area (Å²) in [5.41, 5.74) is 5.65. The minimum Gasteiger partial charge on any atom is -0.507 e. The summed E-state index contributed by atoms with van der Waals surface area (Å²) < 4.78 is 0. The van der Waals surface area contributed by atoms with Crippen LogP contribution < -0.4 is 0 Å². The van der Waals surface area contributed by atoms with Crippen LogP contribution in [-0.4, -0.2) is 16.2 Å². The van der Waals surface area contributed by atoms with Gasteiger partial charge in [0.25, 0.3) is 0 Å². The molecule has 3 aromatic rings. The van der Waals surface area contributed by atoms with Gasteiger partial charge in [0.1, 0.15) is 5.75 Å². The van der Waals surface area contributed by atoms with E-state index in [0.717, 1.165) is 28.7 Å². The Balaban J connectivity index is 1.44. The van der Waals surface area contributed by atoms with Crippen LogP contribution in [0.5, 0.6) is 5.75 Å². The molecule has 0 amide bonds. The number of benzene rings is 3. The number of phenols is 1. The molecule has 4 fully saturated rings. The number of carboxylic acid groups (broad SMARTS) is 1. The first-order valence-electron chi connectivity index (χ1n) is 11.5. The van der Waals surface area contributed by atoms with Crippen molar-refractivity contribution in [3.8, 4) is 16.9 Å². The molecule has 4 aliphatic carbocycles. The van der Waals surface area contributed by atoms with Crippen molar-refractivity contribution in [1.82, 2.24) is 0 Å². The van der Waals surface area contributed by atoms with Gasteiger partial charge in [0, 0.05) is 5.39 Å². The highest BCUT2D eigenvalue weighted by Gasteiger charge is 2.51. The number of fused-ring (bicyclic) bond motifs is 1. The molecule has 0 radical (unpaired) electrons. The van der Waals surface area contributed by atoms with Crippen molar-refractivity contribution in [3.05, 3.63) is 65.2 Å². The first-order valence-corrected chi connectivity index (χ1v) is 11.5. The fraction of sp³-hybridized carbons (Fsp3) is 0.393. The van der Waals surface area contributed by atoms with E-state index in [2.05, 4.69) is 25.1 Å². The molecular formula is C28H28O3. The smallest absolute Gasteiger partial charge is 0.335 e. The van der Waals surface area contributed by atoms with E-state index in [9.17, 15) is 15.0 Å². The van der Waals surface area contributed by atoms with E-state index >= 15 is 0 Å². The molecule has 0 atom stereocenters. The number of phenolic OH excluding ortho intramolecular Hbond substituents is 1. The highest BCUT2D eigenvalue weighted by Crippen LogP contribution is 2.61. The molecular weight excluding hydrogens is 384 g/mol. The second-order valence-corrected chi connectivity index (χ2v) is 10.5. The number of aryl methyl sites for hydroxylation is 1. The highest BCUT2D eigenvalue weighted by molar-refractivity contribution is 5.99. The summed E-state index contributed by atoms with van der Waals surface area (Å²) in [5, 5.41) is 21.2. The lowest BCUT2D eigenvalue weighted by Gasteiger charge is -2.57. The molecule has 0 aromatic heterocycles. The van der Waals surface area contributed by atoms with E-state index < -0.39 is 5.97 Å². The molecule has 7 rings (SSSR count). The summed E-state index contributed by atoms with van der Waals surface area (Å²) in [6.45, 7) is 2.26. The van der Waals surface area contributed by atoms with E-state index in [1.54, 1.807) is 6.07 Å². The van der Waals surface area contributed by atoms with Gasteiger partial charge in [0.15, 0.2) is 0 Å². The molecule has 3 aromatic carbocycles. The first kappa shape index (κ1) is 18.9. The third-order valence-corrected chi connectivity index (χ3v) is 8.36. The maximum Gasteiger partial charge on any atom is 0.335 e. The molecule has 4 bridgehead atoms. The normalized spacial score (nSPS) is 28.9. The summed E-state index contributed by atoms with van der Waals surface area (Å²) in [7, 11) is 0. The van der Waals surface area contributed by atoms with Crippen LogP contribution >= 0.6 is 0 Å². The average molecular weight is 413 g/mol. The van der Waals surface area contributed by atoms with E-state index in [1.807, 2.05) is 18.2 Å². The molecule has 4 saturated carbocycles. The zero-order chi connectivity index (χ0) is 21.3. The van der Waals surface area contributed by atoms with Crippen LogP contribution in [0.1, 0.15) is 60.0 Å². The number of hydrogen-bond donors (Lipinski definition) is 2. The van der Waals surface area contributed by atoms with Crippen molar-refractivity contribution in [2.75, 3.05) is 0 Å². The molecule has 0 spiro atoms. The zero-order valence-electron chi connectivity index (χ0n) is 17.9. The summed E-state index contributed by atoms with van der Waals surface area (Å²) in [5.74, 6) is 1.73. The Morgan fingerprint density at radius 1 is 0.871 bits per heavy atom. The Hall–Kier alpha value is -2.81. The van der Waals surface area contributed by atoms with Crippen LogP contribution in [-0.2, 0) is 5.41 Å². The minimum absolute atomic E-state index is 0.0187. The molecule has 31 heavy (non-hydrogen) atoms. The molecule has 0 heterocycles. The average Bonchev–Trinajstić information content (AvgIpc) is 2.72. The zero-order valence-corrected chi connectivity index (χ0v) is 17.9. The molecule has 3 heteroatoms. The van der Waals surface area contributed by atoms with Gasteiger partial charge in [0.2, 0.25) is 0 Å². The van der Waals surface area contributed by atoms with Gasteiger partial charge in [-0.1, -0.05) is 30.3 Å². The van der Waals surface area contributed by atoms with Crippen LogP contribution in [0.2, 0.25) is 0 Å². The Kier molecular flexibility index (Phi) is 4.02. The maximum atomic E-state index is 11.3. The van der Waals surface area contributed by atoms with Crippen molar-refractivity contribution in [2.45, 2.75) is 50.9 Å². The van der Waals surface area contributed by atoms with Gasteiger partial charge in [-0.25, -0.2) is 4.79 Å². The molecule has 158 valence electrons. The molecule has 4 aliphatic rings. The van der Waals surface area contributed by atoms with E-state index in [4.69, 9.17) is 0 Å². The van der Waals surface area contributed by atoms with Gasteiger partial charge in [-0.3, -0.25) is 0 Å². The number of carbonyl (C=O) groups is 1. The van der Waals surface area contributed by atoms with Crippen LogP contribution in [0.3, 0.4) is 0 Å². The molecule has 0 aliphatic heterocycles. The minimum atomic E-state index is -1.03. The van der Waals surface area contributed by atoms with Crippen molar-refractivity contribution < 1.29 is 15.0 Å². The lowest BCUT2D eigenvalue weighted by Crippen LogP contribution is -2.48. The van der Waals surface area contributed by atoms with Gasteiger partial charge in [0.05, 0.1) is 5.56 Å². The van der Waals surface area contributed by atoms with Crippen molar-refractivity contribution in [3.63, 3.8) is 0 Å². The summed E-state index contributed by atoms with van der Waals surface area (Å²) in [6, 6.07) is 15.8. The number of aromatic carboxylic acids is 1. The quantitative estimate of drug-likeness (QED) is 0.504. The summed E-state index contributed by atoms with van der Waals surface area (Å²) >= 11 is 0. The lowest BCUT2D eigenvalue weighted by atomic mass is 9.47. The number of hydrogen-bond acceptors (Lipinski definition) is 2. The highest BCUT2D eigenvalue weighted by atomic mass is 16.4. The van der Waals surface area contributed by atoms with Gasteiger partial charge < -0.3 is 10.2 Å². The van der Waals surface area contributed by atoms with Crippen LogP contribution in [0.15, 0.2) is 48.5 Å². The Labute approximate surface area is 182 Å². The molecule has 0 saturated heterocycles. The van der Waals surface area contributed by atoms with Crippen LogP contribution in [0, 0.1) is 24.7 Å². The second kappa shape index (κ2) is 6.59. The fourth-order valence-corrected chi connectivity index (χ4v) is 7.45. The van der Waals surface area contributed by atoms with Crippen molar-refractivity contribution in [2.24, 2.45) is 17.8 Å². The predicted molar refractivity (Wildman–Crippen MR) is 123 cm³/mol. The Morgan fingerprint density at radius 2 is 1.48 bits per heavy atom. The topological polar surface area (TPSA) is 57.5 Å². The molecule has 0 unspecified atom stereocenters. The molecule has 3 nitrogen and oxygen atoms in total. The monoisotopic (exact) mass is 412 g/mol. The third kappa shape index (κ3) is 2.97. The van der Waals surface area contributed by atoms with Crippen molar-refractivity contribution in [1.29, 1.82) is 0 Å². The first-order chi connectivity index (χ1) is 14.9. The fourth-order valence-electron chi connectivity index (χ4n) is 7.45. The Morgan fingerprint density at radius 3 is 2.13 bits per heavy atom. The van der Waals surface area contributed by atoms with E-state index in [-0.39, 0.29) is 11.3 Å². The Bertz CT molecular complexity index is 1190. The van der Waals surface area contributed by atoms with Gasteiger partial charge in [-0.15, -0.1) is 0 Å².